The summed E-state index contributed by atoms with van der Waals surface area (Å²) < 4.78 is 0.951. The second kappa shape index (κ2) is 3.95. The van der Waals surface area contributed by atoms with Gasteiger partial charge in [-0.15, -0.1) is 0 Å². The van der Waals surface area contributed by atoms with Gasteiger partial charge in [-0.3, -0.25) is 0 Å². The minimum Gasteiger partial charge on any atom is -0.478 e. The molecule has 0 heterocycles. The predicted octanol–water partition coefficient (Wildman–Crippen LogP) is 2.13. The highest BCUT2D eigenvalue weighted by molar-refractivity contribution is 14.1. The second-order valence-electron chi connectivity index (χ2n) is 2.65. The molecule has 0 spiro atoms. The Morgan fingerprint density at radius 2 is 2.23 bits per heavy atom. The van der Waals surface area contributed by atoms with E-state index in [-0.39, 0.29) is 5.56 Å². The Bertz CT molecular complexity index is 350. The summed E-state index contributed by atoms with van der Waals surface area (Å²) in [5.74, 6) is -0.951. The zero-order valence-corrected chi connectivity index (χ0v) is 9.33. The molecule has 0 bridgehead atoms. The lowest BCUT2D eigenvalue weighted by Crippen LogP contribution is -2.08. The first-order valence-electron chi connectivity index (χ1n) is 3.88. The first-order valence-corrected chi connectivity index (χ1v) is 4.96. The first kappa shape index (κ1) is 10.3. The van der Waals surface area contributed by atoms with Crippen molar-refractivity contribution in [1.82, 2.24) is 0 Å². The Balaban J connectivity index is 3.43. The summed E-state index contributed by atoms with van der Waals surface area (Å²) in [6.07, 6.45) is 0.685. The lowest BCUT2D eigenvalue weighted by molar-refractivity contribution is 0.0697. The van der Waals surface area contributed by atoms with Gasteiger partial charge < -0.3 is 10.8 Å². The van der Waals surface area contributed by atoms with Crippen LogP contribution in [0.15, 0.2) is 12.1 Å². The number of nitrogens with two attached hydrogens (primary N) is 1. The number of hydrogen-bond acceptors (Lipinski definition) is 2. The van der Waals surface area contributed by atoms with E-state index in [0.717, 1.165) is 9.13 Å². The van der Waals surface area contributed by atoms with Gasteiger partial charge in [0.15, 0.2) is 0 Å². The summed E-state index contributed by atoms with van der Waals surface area (Å²) in [7, 11) is 0. The third-order valence-electron chi connectivity index (χ3n) is 1.86. The van der Waals surface area contributed by atoms with Crippen LogP contribution in [0.5, 0.6) is 0 Å². The minimum atomic E-state index is -0.951. The van der Waals surface area contributed by atoms with Crippen molar-refractivity contribution in [1.29, 1.82) is 0 Å². The fourth-order valence-electron chi connectivity index (χ4n) is 1.24. The summed E-state index contributed by atoms with van der Waals surface area (Å²) in [4.78, 5) is 10.9. The number of carboxylic acids is 1. The molecular weight excluding hydrogens is 281 g/mol. The number of rotatable bonds is 2. The maximum atomic E-state index is 10.9. The Morgan fingerprint density at radius 3 is 2.62 bits per heavy atom. The number of anilines is 1. The summed E-state index contributed by atoms with van der Waals surface area (Å²) in [5, 5.41) is 8.92. The molecule has 0 atom stereocenters. The zero-order valence-electron chi connectivity index (χ0n) is 7.17. The third kappa shape index (κ3) is 1.93. The van der Waals surface area contributed by atoms with Gasteiger partial charge in [0.25, 0.3) is 0 Å². The molecule has 0 amide bonds. The zero-order chi connectivity index (χ0) is 10.0. The van der Waals surface area contributed by atoms with Crippen molar-refractivity contribution < 1.29 is 9.90 Å². The van der Waals surface area contributed by atoms with Crippen molar-refractivity contribution in [2.45, 2.75) is 13.3 Å². The molecule has 0 saturated heterocycles. The van der Waals surface area contributed by atoms with Gasteiger partial charge in [0.1, 0.15) is 0 Å². The lowest BCUT2D eigenvalue weighted by Gasteiger charge is -2.08. The van der Waals surface area contributed by atoms with E-state index in [9.17, 15) is 4.79 Å². The van der Waals surface area contributed by atoms with Crippen LogP contribution in [0.3, 0.4) is 0 Å². The standard InChI is InChI=1S/C9H10INO2/c1-2-5-6(10)3-4-7(11)8(5)9(12)13/h3-4H,2,11H2,1H3,(H,12,13). The molecule has 0 aliphatic heterocycles. The molecule has 0 unspecified atom stereocenters. The van der Waals surface area contributed by atoms with Crippen molar-refractivity contribution in [2.75, 3.05) is 5.73 Å². The topological polar surface area (TPSA) is 63.3 Å². The van der Waals surface area contributed by atoms with Crippen LogP contribution in [0.4, 0.5) is 5.69 Å². The predicted molar refractivity (Wildman–Crippen MR) is 59.9 cm³/mol. The molecule has 1 rings (SSSR count). The van der Waals surface area contributed by atoms with Gasteiger partial charge in [-0.05, 0) is 46.7 Å². The van der Waals surface area contributed by atoms with Gasteiger partial charge in [0.2, 0.25) is 0 Å². The van der Waals surface area contributed by atoms with E-state index >= 15 is 0 Å². The van der Waals surface area contributed by atoms with Crippen LogP contribution >= 0.6 is 22.6 Å². The highest BCUT2D eigenvalue weighted by Crippen LogP contribution is 2.23. The largest absolute Gasteiger partial charge is 0.478 e. The molecule has 0 saturated carbocycles. The van der Waals surface area contributed by atoms with Crippen LogP contribution in [0.1, 0.15) is 22.8 Å². The molecule has 4 heteroatoms. The number of carbonyl (C=O) groups is 1. The minimum absolute atomic E-state index is 0.245. The molecule has 13 heavy (non-hydrogen) atoms. The SMILES string of the molecule is CCc1c(I)ccc(N)c1C(=O)O. The number of carboxylic acid groups (broad SMARTS) is 1. The van der Waals surface area contributed by atoms with E-state index in [1.54, 1.807) is 6.07 Å². The monoisotopic (exact) mass is 291 g/mol. The Kier molecular flexibility index (Phi) is 3.13. The fraction of sp³-hybridized carbons (Fsp3) is 0.222. The highest BCUT2D eigenvalue weighted by atomic mass is 127. The van der Waals surface area contributed by atoms with Crippen molar-refractivity contribution in [3.05, 3.63) is 26.8 Å². The average molecular weight is 291 g/mol. The number of halogens is 1. The number of aromatic carboxylic acids is 1. The lowest BCUT2D eigenvalue weighted by atomic mass is 10.0. The van der Waals surface area contributed by atoms with E-state index in [1.807, 2.05) is 13.0 Å². The van der Waals surface area contributed by atoms with E-state index in [4.69, 9.17) is 10.8 Å². The molecule has 3 nitrogen and oxygen atoms in total. The van der Waals surface area contributed by atoms with Crippen LogP contribution in [0.25, 0.3) is 0 Å². The van der Waals surface area contributed by atoms with E-state index < -0.39 is 5.97 Å². The summed E-state index contributed by atoms with van der Waals surface area (Å²) >= 11 is 2.12. The summed E-state index contributed by atoms with van der Waals surface area (Å²) in [6, 6.07) is 3.46. The fourth-order valence-corrected chi connectivity index (χ4v) is 2.07. The Morgan fingerprint density at radius 1 is 1.62 bits per heavy atom. The molecule has 3 N–H and O–H groups in total. The molecule has 0 aromatic heterocycles. The van der Waals surface area contributed by atoms with Crippen molar-refractivity contribution in [3.63, 3.8) is 0 Å². The second-order valence-corrected chi connectivity index (χ2v) is 3.81. The van der Waals surface area contributed by atoms with Crippen LogP contribution in [-0.4, -0.2) is 11.1 Å². The third-order valence-corrected chi connectivity index (χ3v) is 2.87. The molecule has 0 fully saturated rings. The van der Waals surface area contributed by atoms with Gasteiger partial charge in [-0.25, -0.2) is 4.79 Å². The van der Waals surface area contributed by atoms with E-state index in [2.05, 4.69) is 22.6 Å². The van der Waals surface area contributed by atoms with E-state index in [1.165, 1.54) is 0 Å². The maximum Gasteiger partial charge on any atom is 0.338 e. The van der Waals surface area contributed by atoms with Crippen LogP contribution in [0.2, 0.25) is 0 Å². The van der Waals surface area contributed by atoms with Crippen molar-refractivity contribution >= 4 is 34.2 Å². The van der Waals surface area contributed by atoms with Crippen LogP contribution < -0.4 is 5.73 Å². The molecule has 1 aromatic carbocycles. The van der Waals surface area contributed by atoms with Gasteiger partial charge in [-0.1, -0.05) is 6.92 Å². The Labute approximate surface area is 90.1 Å². The molecule has 1 aromatic rings. The maximum absolute atomic E-state index is 10.9. The smallest absolute Gasteiger partial charge is 0.338 e. The number of benzene rings is 1. The van der Waals surface area contributed by atoms with Gasteiger partial charge in [-0.2, -0.15) is 0 Å². The first-order chi connectivity index (χ1) is 6.07. The molecule has 0 aliphatic rings. The van der Waals surface area contributed by atoms with Gasteiger partial charge >= 0.3 is 5.97 Å². The average Bonchev–Trinajstić information content (AvgIpc) is 2.07. The van der Waals surface area contributed by atoms with E-state index in [0.29, 0.717) is 12.1 Å². The molecule has 0 aliphatic carbocycles. The summed E-state index contributed by atoms with van der Waals surface area (Å²) in [5.41, 5.74) is 6.98. The van der Waals surface area contributed by atoms with Crippen LogP contribution in [0, 0.1) is 3.57 Å². The number of hydrogen-bond donors (Lipinski definition) is 2. The highest BCUT2D eigenvalue weighted by Gasteiger charge is 2.14. The van der Waals surface area contributed by atoms with Gasteiger partial charge in [0, 0.05) is 9.26 Å². The quantitative estimate of drug-likeness (QED) is 0.648. The molecular formula is C9H10INO2. The van der Waals surface area contributed by atoms with Crippen molar-refractivity contribution in [3.8, 4) is 0 Å². The van der Waals surface area contributed by atoms with Gasteiger partial charge in [0.05, 0.1) is 5.56 Å². The van der Waals surface area contributed by atoms with Crippen LogP contribution in [-0.2, 0) is 6.42 Å². The van der Waals surface area contributed by atoms with Crippen molar-refractivity contribution in [2.24, 2.45) is 0 Å². The summed E-state index contributed by atoms with van der Waals surface area (Å²) in [6.45, 7) is 1.92. The molecule has 70 valence electrons. The Hall–Kier alpha value is -0.780. The normalized spacial score (nSPS) is 10.0. The number of nitrogen functional groups attached to an aromatic ring is 1. The molecule has 0 radical (unpaired) electrons.